The minimum Gasteiger partial charge on any atom is -0.382 e. The van der Waals surface area contributed by atoms with E-state index in [1.165, 1.54) is 0 Å². The Kier molecular flexibility index (Phi) is 5.03. The summed E-state index contributed by atoms with van der Waals surface area (Å²) in [6, 6.07) is 0. The van der Waals surface area contributed by atoms with Crippen LogP contribution < -0.4 is 0 Å². The summed E-state index contributed by atoms with van der Waals surface area (Å²) in [6.07, 6.45) is -4.46. The highest BCUT2D eigenvalue weighted by molar-refractivity contribution is 4.87. The van der Waals surface area contributed by atoms with Crippen molar-refractivity contribution in [1.82, 2.24) is 25.1 Å². The number of nitrogens with zero attached hydrogens (tertiary/aromatic N) is 5. The number of halogens is 3. The number of alkyl halides is 3. The molecule has 2 rings (SSSR count). The van der Waals surface area contributed by atoms with Crippen LogP contribution in [0.5, 0.6) is 0 Å². The molecule has 0 spiro atoms. The fraction of sp³-hybridized carbons (Fsp3) is 0.917. The maximum atomic E-state index is 12.3. The van der Waals surface area contributed by atoms with Gasteiger partial charge in [-0.2, -0.15) is 18.0 Å². The van der Waals surface area contributed by atoms with Gasteiger partial charge in [0.1, 0.15) is 0 Å². The largest absolute Gasteiger partial charge is 0.409 e. The van der Waals surface area contributed by atoms with E-state index in [-0.39, 0.29) is 17.5 Å². The van der Waals surface area contributed by atoms with Gasteiger partial charge in [-0.3, -0.25) is 4.90 Å². The summed E-state index contributed by atoms with van der Waals surface area (Å²) >= 11 is 0. The van der Waals surface area contributed by atoms with E-state index in [2.05, 4.69) is 15.4 Å². The maximum Gasteiger partial charge on any atom is 0.409 e. The predicted molar refractivity (Wildman–Crippen MR) is 70.0 cm³/mol. The number of ether oxygens (including phenoxy) is 2. The number of tetrazole rings is 1. The van der Waals surface area contributed by atoms with Gasteiger partial charge in [-0.15, -0.1) is 10.2 Å². The van der Waals surface area contributed by atoms with Crippen LogP contribution >= 0.6 is 0 Å². The van der Waals surface area contributed by atoms with Crippen molar-refractivity contribution >= 4 is 0 Å². The number of rotatable bonds is 5. The maximum absolute atomic E-state index is 12.3. The summed E-state index contributed by atoms with van der Waals surface area (Å²) in [5.74, 6) is 0.262. The van der Waals surface area contributed by atoms with Crippen molar-refractivity contribution in [1.29, 1.82) is 0 Å². The van der Waals surface area contributed by atoms with E-state index in [4.69, 9.17) is 9.47 Å². The summed E-state index contributed by atoms with van der Waals surface area (Å²) in [7, 11) is 1.60. The molecule has 10 heteroatoms. The summed E-state index contributed by atoms with van der Waals surface area (Å²) in [5, 5.41) is 10.9. The molecule has 1 aromatic rings. The third-order valence-corrected chi connectivity index (χ3v) is 3.08. The highest BCUT2D eigenvalue weighted by Gasteiger charge is 2.34. The second kappa shape index (κ2) is 6.47. The van der Waals surface area contributed by atoms with Gasteiger partial charge in [-0.25, -0.2) is 0 Å². The molecule has 0 aromatic carbocycles. The van der Waals surface area contributed by atoms with Gasteiger partial charge in [0.2, 0.25) is 0 Å². The minimum absolute atomic E-state index is 0.0982. The third-order valence-electron chi connectivity index (χ3n) is 3.08. The quantitative estimate of drug-likeness (QED) is 0.801. The topological polar surface area (TPSA) is 65.3 Å². The molecule has 7 nitrogen and oxygen atoms in total. The first-order chi connectivity index (χ1) is 10.2. The zero-order valence-corrected chi connectivity index (χ0v) is 12.8. The van der Waals surface area contributed by atoms with E-state index in [1.54, 1.807) is 7.11 Å². The molecule has 1 aromatic heterocycles. The van der Waals surface area contributed by atoms with E-state index in [1.807, 2.05) is 18.7 Å². The fourth-order valence-electron chi connectivity index (χ4n) is 2.58. The second-order valence-corrected chi connectivity index (χ2v) is 5.98. The summed E-state index contributed by atoms with van der Waals surface area (Å²) in [5.41, 5.74) is -0.372. The predicted octanol–water partition coefficient (Wildman–Crippen LogP) is 0.861. The molecule has 1 aliphatic rings. The molecule has 126 valence electrons. The smallest absolute Gasteiger partial charge is 0.382 e. The first-order valence-corrected chi connectivity index (χ1v) is 6.89. The lowest BCUT2D eigenvalue weighted by Gasteiger charge is -2.42. The van der Waals surface area contributed by atoms with Crippen LogP contribution in [0, 0.1) is 0 Å². The van der Waals surface area contributed by atoms with Crippen LogP contribution in [0.1, 0.15) is 19.7 Å². The molecular formula is C12H20F3N5O2. The molecule has 0 bridgehead atoms. The molecule has 2 heterocycles. The zero-order valence-electron chi connectivity index (χ0n) is 12.8. The van der Waals surface area contributed by atoms with Crippen LogP contribution in [0.3, 0.4) is 0 Å². The Balaban J connectivity index is 1.97. The SMILES string of the molecule is COC[C@H]1CN(Cc2nnn(CC(F)(F)F)n2)CC(C)(C)O1. The van der Waals surface area contributed by atoms with E-state index < -0.39 is 12.7 Å². The van der Waals surface area contributed by atoms with Crippen LogP contribution in [0.2, 0.25) is 0 Å². The molecule has 0 N–H and O–H groups in total. The van der Waals surface area contributed by atoms with Gasteiger partial charge in [0.15, 0.2) is 12.4 Å². The highest BCUT2D eigenvalue weighted by Crippen LogP contribution is 2.22. The van der Waals surface area contributed by atoms with E-state index in [9.17, 15) is 13.2 Å². The standard InChI is InChI=1S/C12H20F3N5O2/c1-11(2)7-19(4-9(22-11)6-21-3)5-10-16-18-20(17-10)8-12(13,14)15/h9H,4-8H2,1-3H3/t9-/m1/s1. The average molecular weight is 323 g/mol. The lowest BCUT2D eigenvalue weighted by molar-refractivity contribution is -0.154. The number of morpholine rings is 1. The van der Waals surface area contributed by atoms with Gasteiger partial charge in [-0.1, -0.05) is 0 Å². The van der Waals surface area contributed by atoms with Crippen molar-refractivity contribution in [2.45, 2.75) is 44.8 Å². The van der Waals surface area contributed by atoms with Crippen molar-refractivity contribution in [3.63, 3.8) is 0 Å². The molecule has 1 atom stereocenters. The number of hydrogen-bond acceptors (Lipinski definition) is 6. The molecule has 1 aliphatic heterocycles. The lowest BCUT2D eigenvalue weighted by atomic mass is 10.1. The van der Waals surface area contributed by atoms with Crippen LogP contribution in [-0.2, 0) is 22.6 Å². The molecule has 0 unspecified atom stereocenters. The Hall–Kier alpha value is -1.26. The Labute approximate surface area is 126 Å². The van der Waals surface area contributed by atoms with E-state index in [0.717, 1.165) is 0 Å². The van der Waals surface area contributed by atoms with Gasteiger partial charge in [-0.05, 0) is 19.1 Å². The molecule has 0 amide bonds. The Morgan fingerprint density at radius 2 is 2.14 bits per heavy atom. The first kappa shape index (κ1) is 17.1. The highest BCUT2D eigenvalue weighted by atomic mass is 19.4. The van der Waals surface area contributed by atoms with Crippen molar-refractivity contribution in [3.8, 4) is 0 Å². The average Bonchev–Trinajstić information content (AvgIpc) is 2.71. The molecule has 0 radical (unpaired) electrons. The van der Waals surface area contributed by atoms with Crippen LogP contribution in [-0.4, -0.2) is 69.8 Å². The Bertz CT molecular complexity index is 491. The van der Waals surface area contributed by atoms with Crippen molar-refractivity contribution in [2.24, 2.45) is 0 Å². The second-order valence-electron chi connectivity index (χ2n) is 5.98. The van der Waals surface area contributed by atoms with Crippen LogP contribution in [0.25, 0.3) is 0 Å². The molecule has 0 aliphatic carbocycles. The Morgan fingerprint density at radius 3 is 2.77 bits per heavy atom. The number of methoxy groups -OCH3 is 1. The van der Waals surface area contributed by atoms with Crippen LogP contribution in [0.4, 0.5) is 13.2 Å². The van der Waals surface area contributed by atoms with Crippen molar-refractivity contribution in [2.75, 3.05) is 26.8 Å². The van der Waals surface area contributed by atoms with Gasteiger partial charge in [0, 0.05) is 20.2 Å². The van der Waals surface area contributed by atoms with Gasteiger partial charge in [0.25, 0.3) is 0 Å². The molecule has 1 saturated heterocycles. The number of aromatic nitrogens is 4. The fourth-order valence-corrected chi connectivity index (χ4v) is 2.58. The van der Waals surface area contributed by atoms with Crippen LogP contribution in [0.15, 0.2) is 0 Å². The normalized spacial score (nSPS) is 22.9. The zero-order chi connectivity index (χ0) is 16.4. The monoisotopic (exact) mass is 323 g/mol. The van der Waals surface area contributed by atoms with E-state index in [0.29, 0.717) is 31.0 Å². The Morgan fingerprint density at radius 1 is 1.41 bits per heavy atom. The first-order valence-electron chi connectivity index (χ1n) is 6.89. The molecular weight excluding hydrogens is 303 g/mol. The van der Waals surface area contributed by atoms with Crippen molar-refractivity contribution < 1.29 is 22.6 Å². The third kappa shape index (κ3) is 5.18. The summed E-state index contributed by atoms with van der Waals surface area (Å²) in [4.78, 5) is 2.59. The molecule has 0 saturated carbocycles. The van der Waals surface area contributed by atoms with Gasteiger partial charge < -0.3 is 9.47 Å². The summed E-state index contributed by atoms with van der Waals surface area (Å²) in [6.45, 7) is 4.68. The molecule has 22 heavy (non-hydrogen) atoms. The molecule has 1 fully saturated rings. The number of hydrogen-bond donors (Lipinski definition) is 0. The minimum atomic E-state index is -4.36. The lowest BCUT2D eigenvalue weighted by Crippen LogP contribution is -2.53. The van der Waals surface area contributed by atoms with E-state index >= 15 is 0 Å². The van der Waals surface area contributed by atoms with Crippen molar-refractivity contribution in [3.05, 3.63) is 5.82 Å². The van der Waals surface area contributed by atoms with Gasteiger partial charge >= 0.3 is 6.18 Å². The van der Waals surface area contributed by atoms with Gasteiger partial charge in [0.05, 0.1) is 24.9 Å². The summed E-state index contributed by atoms with van der Waals surface area (Å²) < 4.78 is 47.8.